The Morgan fingerprint density at radius 2 is 1.52 bits per heavy atom. The second-order valence-corrected chi connectivity index (χ2v) is 5.69. The van der Waals surface area contributed by atoms with E-state index >= 15 is 0 Å². The second kappa shape index (κ2) is 8.90. The average Bonchev–Trinajstić information content (AvgIpc) is 2.54. The average molecular weight is 294 g/mol. The Hall–Kier alpha value is -1.26. The van der Waals surface area contributed by atoms with E-state index in [2.05, 4.69) is 6.92 Å². The van der Waals surface area contributed by atoms with E-state index in [4.69, 9.17) is 9.47 Å². The Kier molecular flexibility index (Phi) is 6.83. The summed E-state index contributed by atoms with van der Waals surface area (Å²) in [6.07, 6.45) is 1.11. The van der Waals surface area contributed by atoms with Crippen LogP contribution >= 0.6 is 0 Å². The van der Waals surface area contributed by atoms with Crippen LogP contribution in [0.15, 0.2) is 24.3 Å². The van der Waals surface area contributed by atoms with Crippen molar-refractivity contribution in [3.63, 3.8) is 0 Å². The molecule has 1 heterocycles. The molecule has 0 amide bonds. The van der Waals surface area contributed by atoms with Crippen LogP contribution in [0.1, 0.15) is 20.3 Å². The van der Waals surface area contributed by atoms with E-state index in [1.54, 1.807) is 9.80 Å². The van der Waals surface area contributed by atoms with Crippen molar-refractivity contribution in [3.05, 3.63) is 24.3 Å². The highest BCUT2D eigenvalue weighted by molar-refractivity contribution is 5.39. The van der Waals surface area contributed by atoms with Crippen molar-refractivity contribution < 1.29 is 19.3 Å². The zero-order chi connectivity index (χ0) is 14.9. The van der Waals surface area contributed by atoms with Gasteiger partial charge in [0.05, 0.1) is 26.3 Å². The van der Waals surface area contributed by atoms with Gasteiger partial charge >= 0.3 is 0 Å². The van der Waals surface area contributed by atoms with Crippen LogP contribution in [0.3, 0.4) is 0 Å². The van der Waals surface area contributed by atoms with Crippen LogP contribution < -0.4 is 19.3 Å². The van der Waals surface area contributed by atoms with Crippen molar-refractivity contribution in [2.24, 2.45) is 0 Å². The van der Waals surface area contributed by atoms with Gasteiger partial charge < -0.3 is 19.3 Å². The zero-order valence-corrected chi connectivity index (χ0v) is 13.5. The van der Waals surface area contributed by atoms with Crippen LogP contribution in [0.4, 0.5) is 0 Å². The first kappa shape index (κ1) is 16.1. The molecule has 4 heteroatoms. The molecule has 118 valence electrons. The summed E-state index contributed by atoms with van der Waals surface area (Å²) in [6, 6.07) is 7.94. The predicted octanol–water partition coefficient (Wildman–Crippen LogP) is -0.342. The maximum absolute atomic E-state index is 5.88. The smallest absolute Gasteiger partial charge is 0.161 e. The standard InChI is InChI=1S/C17H28N2O2/c1-3-18-11-13-19(14-12-18)10-7-15-21-17-9-6-5-8-16(17)20-4-2/h5-6,8-9H,3-4,7,10-15H2,1-2H3/p+2. The summed E-state index contributed by atoms with van der Waals surface area (Å²) in [4.78, 5) is 3.48. The number of piperazine rings is 1. The SMILES string of the molecule is CCOc1ccccc1OCCC[NH+]1CC[NH+](CC)CC1. The van der Waals surface area contributed by atoms with E-state index in [9.17, 15) is 0 Å². The van der Waals surface area contributed by atoms with Gasteiger partial charge in [-0.15, -0.1) is 0 Å². The number of rotatable bonds is 8. The summed E-state index contributed by atoms with van der Waals surface area (Å²) in [6.45, 7) is 13.5. The molecule has 0 aromatic heterocycles. The van der Waals surface area contributed by atoms with Crippen LogP contribution in [0.25, 0.3) is 0 Å². The lowest BCUT2D eigenvalue weighted by atomic mass is 10.3. The molecule has 0 aliphatic carbocycles. The van der Waals surface area contributed by atoms with Crippen LogP contribution in [0, 0.1) is 0 Å². The first-order valence-electron chi connectivity index (χ1n) is 8.35. The molecule has 1 saturated heterocycles. The molecule has 1 aromatic rings. The van der Waals surface area contributed by atoms with Gasteiger partial charge in [0.15, 0.2) is 11.5 Å². The summed E-state index contributed by atoms with van der Waals surface area (Å²) in [5, 5.41) is 0. The lowest BCUT2D eigenvalue weighted by Gasteiger charge is -2.28. The molecule has 1 fully saturated rings. The molecule has 1 aromatic carbocycles. The van der Waals surface area contributed by atoms with Gasteiger partial charge in [-0.3, -0.25) is 0 Å². The lowest BCUT2D eigenvalue weighted by Crippen LogP contribution is -3.28. The molecular weight excluding hydrogens is 264 g/mol. The fourth-order valence-corrected chi connectivity index (χ4v) is 2.91. The third-order valence-electron chi connectivity index (χ3n) is 4.25. The van der Waals surface area contributed by atoms with Gasteiger partial charge in [-0.05, 0) is 26.0 Å². The molecule has 0 saturated carbocycles. The number of benzene rings is 1. The van der Waals surface area contributed by atoms with Crippen molar-refractivity contribution in [1.29, 1.82) is 0 Å². The number of para-hydroxylation sites is 2. The Labute approximate surface area is 128 Å². The number of ether oxygens (including phenoxy) is 2. The van der Waals surface area contributed by atoms with Gasteiger partial charge in [0, 0.05) is 6.42 Å². The highest BCUT2D eigenvalue weighted by Crippen LogP contribution is 2.26. The summed E-state index contributed by atoms with van der Waals surface area (Å²) in [5.41, 5.74) is 0. The molecule has 1 aliphatic heterocycles. The number of nitrogens with one attached hydrogen (secondary N) is 2. The largest absolute Gasteiger partial charge is 0.490 e. The number of hydrogen-bond acceptors (Lipinski definition) is 2. The molecule has 2 rings (SSSR count). The van der Waals surface area contributed by atoms with E-state index in [1.165, 1.54) is 39.3 Å². The fourth-order valence-electron chi connectivity index (χ4n) is 2.91. The Bertz CT molecular complexity index is 404. The third-order valence-corrected chi connectivity index (χ3v) is 4.25. The number of likely N-dealkylation sites (N-methyl/N-ethyl adjacent to an activating group) is 1. The maximum atomic E-state index is 5.88. The van der Waals surface area contributed by atoms with Gasteiger partial charge in [0.2, 0.25) is 0 Å². The van der Waals surface area contributed by atoms with Gasteiger partial charge in [-0.2, -0.15) is 0 Å². The van der Waals surface area contributed by atoms with Crippen LogP contribution in [0.5, 0.6) is 11.5 Å². The zero-order valence-electron chi connectivity index (χ0n) is 13.5. The quantitative estimate of drug-likeness (QED) is 0.642. The summed E-state index contributed by atoms with van der Waals surface area (Å²) >= 11 is 0. The second-order valence-electron chi connectivity index (χ2n) is 5.69. The molecule has 2 N–H and O–H groups in total. The lowest BCUT2D eigenvalue weighted by molar-refractivity contribution is -1.01. The molecule has 4 nitrogen and oxygen atoms in total. The van der Waals surface area contributed by atoms with Crippen LogP contribution in [-0.2, 0) is 0 Å². The summed E-state index contributed by atoms with van der Waals surface area (Å²) in [7, 11) is 0. The first-order valence-corrected chi connectivity index (χ1v) is 8.35. The molecule has 0 spiro atoms. The van der Waals surface area contributed by atoms with Gasteiger partial charge in [0.25, 0.3) is 0 Å². The Balaban J connectivity index is 1.66. The molecule has 0 bridgehead atoms. The van der Waals surface area contributed by atoms with Crippen LogP contribution in [-0.4, -0.2) is 52.5 Å². The predicted molar refractivity (Wildman–Crippen MR) is 84.5 cm³/mol. The Morgan fingerprint density at radius 3 is 2.14 bits per heavy atom. The van der Waals surface area contributed by atoms with E-state index in [0.717, 1.165) is 24.5 Å². The van der Waals surface area contributed by atoms with E-state index in [1.807, 2.05) is 31.2 Å². The van der Waals surface area contributed by atoms with Crippen molar-refractivity contribution in [1.82, 2.24) is 0 Å². The third kappa shape index (κ3) is 5.21. The van der Waals surface area contributed by atoms with Gasteiger partial charge in [-0.25, -0.2) is 0 Å². The topological polar surface area (TPSA) is 27.3 Å². The number of quaternary nitrogens is 2. The molecule has 0 atom stereocenters. The molecule has 0 radical (unpaired) electrons. The minimum Gasteiger partial charge on any atom is -0.490 e. The summed E-state index contributed by atoms with van der Waals surface area (Å²) < 4.78 is 11.5. The fraction of sp³-hybridized carbons (Fsp3) is 0.647. The van der Waals surface area contributed by atoms with Crippen LogP contribution in [0.2, 0.25) is 0 Å². The normalized spacial score (nSPS) is 22.0. The van der Waals surface area contributed by atoms with Crippen molar-refractivity contribution >= 4 is 0 Å². The van der Waals surface area contributed by atoms with Gasteiger partial charge in [0.1, 0.15) is 26.2 Å². The minimum absolute atomic E-state index is 0.675. The minimum atomic E-state index is 0.675. The molecule has 1 aliphatic rings. The first-order chi connectivity index (χ1) is 10.3. The molecule has 0 unspecified atom stereocenters. The van der Waals surface area contributed by atoms with Crippen molar-refractivity contribution in [2.75, 3.05) is 52.5 Å². The molecular formula is C17H30N2O2+2. The van der Waals surface area contributed by atoms with Crippen molar-refractivity contribution in [3.8, 4) is 11.5 Å². The van der Waals surface area contributed by atoms with E-state index < -0.39 is 0 Å². The van der Waals surface area contributed by atoms with Gasteiger partial charge in [-0.1, -0.05) is 12.1 Å². The summed E-state index contributed by atoms with van der Waals surface area (Å²) in [5.74, 6) is 1.72. The van der Waals surface area contributed by atoms with E-state index in [-0.39, 0.29) is 0 Å². The maximum Gasteiger partial charge on any atom is 0.161 e. The number of hydrogen-bond donors (Lipinski definition) is 2. The Morgan fingerprint density at radius 1 is 0.905 bits per heavy atom. The highest BCUT2D eigenvalue weighted by atomic mass is 16.5. The van der Waals surface area contributed by atoms with Crippen molar-refractivity contribution in [2.45, 2.75) is 20.3 Å². The monoisotopic (exact) mass is 294 g/mol. The highest BCUT2D eigenvalue weighted by Gasteiger charge is 2.20. The molecule has 21 heavy (non-hydrogen) atoms. The van der Waals surface area contributed by atoms with E-state index in [0.29, 0.717) is 6.61 Å².